The van der Waals surface area contributed by atoms with Gasteiger partial charge in [0.05, 0.1) is 0 Å². The van der Waals surface area contributed by atoms with Gasteiger partial charge in [-0.1, -0.05) is 174 Å². The molecule has 4 heterocycles. The maximum Gasteiger partial charge on any atom is 0.136 e. The standard InChI is InChI=1S/C70H65N4OS.Pt/c1-67(2,3)45-30-32-52(58(40-45)70(10,11)12)44-34-35-71-64(36-44)74-61-28-19-23-54(56-25-18-24-55-53-22-13-16-29-63(53)76-66(55)56)65(61)57-33-31-51(42-62(57)74)75-50-21-17-20-48(41-50)72-43-73(60-27-15-14-26-59(60)72)49-38-46(68(4,5)6)37-47(39-49)69(7,8)9;/h13-40,43H,1-12H3;/q-3;. The molecule has 0 amide bonds. The summed E-state index contributed by atoms with van der Waals surface area (Å²) in [4.78, 5) is 9.70. The molecule has 0 bridgehead atoms. The van der Waals surface area contributed by atoms with Crippen LogP contribution >= 0.6 is 11.3 Å². The Morgan fingerprint density at radius 2 is 1.16 bits per heavy atom. The summed E-state index contributed by atoms with van der Waals surface area (Å²) in [5.41, 5.74) is 16.0. The van der Waals surface area contributed by atoms with Crippen LogP contribution < -0.4 is 14.5 Å². The predicted molar refractivity (Wildman–Crippen MR) is 323 cm³/mol. The maximum absolute atomic E-state index is 6.87. The Morgan fingerprint density at radius 1 is 0.506 bits per heavy atom. The number of fused-ring (bicyclic) bond motifs is 7. The Balaban J connectivity index is 0.00000631. The van der Waals surface area contributed by atoms with Gasteiger partial charge in [-0.2, -0.15) is 12.1 Å². The Hall–Kier alpha value is -6.98. The van der Waals surface area contributed by atoms with Crippen molar-refractivity contribution in [3.63, 3.8) is 0 Å². The second-order valence-corrected chi connectivity index (χ2v) is 25.7. The first-order valence-corrected chi connectivity index (χ1v) is 27.4. The molecule has 0 N–H and O–H groups in total. The summed E-state index contributed by atoms with van der Waals surface area (Å²) in [5, 5.41) is 4.77. The molecule has 0 aliphatic carbocycles. The summed E-state index contributed by atoms with van der Waals surface area (Å²) >= 11 is 1.86. The van der Waals surface area contributed by atoms with Gasteiger partial charge in [0.1, 0.15) is 5.82 Å². The van der Waals surface area contributed by atoms with E-state index in [1.54, 1.807) is 0 Å². The number of aromatic nitrogens is 2. The van der Waals surface area contributed by atoms with E-state index in [4.69, 9.17) is 9.72 Å². The van der Waals surface area contributed by atoms with Crippen LogP contribution in [0.1, 0.15) is 105 Å². The number of hydrogen-bond acceptors (Lipinski definition) is 5. The zero-order valence-corrected chi connectivity index (χ0v) is 49.3. The van der Waals surface area contributed by atoms with Crippen LogP contribution in [0.5, 0.6) is 11.5 Å². The van der Waals surface area contributed by atoms with Gasteiger partial charge in [0.15, 0.2) is 0 Å². The number of pyridine rings is 1. The van der Waals surface area contributed by atoms with Crippen LogP contribution in [0.3, 0.4) is 0 Å². The maximum atomic E-state index is 6.87. The molecule has 1 aliphatic rings. The first-order valence-electron chi connectivity index (χ1n) is 26.6. The fourth-order valence-electron chi connectivity index (χ4n) is 10.9. The molecule has 77 heavy (non-hydrogen) atoms. The molecule has 0 radical (unpaired) electrons. The SMILES string of the molecule is CC(C)(C)c1cc(N2[CH-]N(c3[c-]c(Oc4[c-]c5c(cc4)c4c(-c6cccc7c6sc6ccccc67)cccc4n5-c4cc(-c5ccc(C(C)(C)C)cc5C(C)(C)C)ccn4)ccc3)c3ccccc32)cc(C(C)(C)C)c1.[Pt]. The molecule has 390 valence electrons. The third kappa shape index (κ3) is 9.46. The summed E-state index contributed by atoms with van der Waals surface area (Å²) in [5.74, 6) is 1.99. The van der Waals surface area contributed by atoms with E-state index in [1.165, 1.54) is 59.1 Å². The van der Waals surface area contributed by atoms with Gasteiger partial charge >= 0.3 is 0 Å². The summed E-state index contributed by atoms with van der Waals surface area (Å²) in [6.07, 6.45) is 1.95. The van der Waals surface area contributed by atoms with Gasteiger partial charge in [-0.05, 0) is 120 Å². The molecule has 11 aromatic rings. The van der Waals surface area contributed by atoms with E-state index < -0.39 is 0 Å². The van der Waals surface area contributed by atoms with E-state index in [-0.39, 0.29) is 42.7 Å². The van der Waals surface area contributed by atoms with E-state index in [1.807, 2.05) is 35.7 Å². The number of anilines is 4. The fourth-order valence-corrected chi connectivity index (χ4v) is 12.2. The van der Waals surface area contributed by atoms with Crippen molar-refractivity contribution < 1.29 is 25.8 Å². The molecule has 1 aliphatic heterocycles. The van der Waals surface area contributed by atoms with Gasteiger partial charge in [0.2, 0.25) is 0 Å². The van der Waals surface area contributed by atoms with Gasteiger partial charge in [-0.3, -0.25) is 0 Å². The van der Waals surface area contributed by atoms with Crippen LogP contribution in [-0.2, 0) is 42.7 Å². The third-order valence-electron chi connectivity index (χ3n) is 15.1. The van der Waals surface area contributed by atoms with Crippen molar-refractivity contribution >= 4 is 76.1 Å². The van der Waals surface area contributed by atoms with Crippen LogP contribution in [-0.4, -0.2) is 9.55 Å². The molecule has 8 aromatic carbocycles. The monoisotopic (exact) mass is 1200 g/mol. The Kier molecular flexibility index (Phi) is 13.0. The zero-order valence-electron chi connectivity index (χ0n) is 46.2. The number of para-hydroxylation sites is 2. The number of hydrogen-bond donors (Lipinski definition) is 0. The average molecular weight is 1210 g/mol. The van der Waals surface area contributed by atoms with Gasteiger partial charge < -0.3 is 19.1 Å². The predicted octanol–water partition coefficient (Wildman–Crippen LogP) is 19.9. The van der Waals surface area contributed by atoms with E-state index in [2.05, 4.69) is 262 Å². The smallest absolute Gasteiger partial charge is 0.136 e. The van der Waals surface area contributed by atoms with Crippen molar-refractivity contribution in [3.05, 3.63) is 211 Å². The van der Waals surface area contributed by atoms with Crippen molar-refractivity contribution in [2.45, 2.75) is 105 Å². The molecule has 7 heteroatoms. The molecule has 0 saturated heterocycles. The van der Waals surface area contributed by atoms with Crippen LogP contribution in [0.15, 0.2) is 170 Å². The molecule has 0 spiro atoms. The number of ether oxygens (including phenoxy) is 1. The van der Waals surface area contributed by atoms with Crippen LogP contribution in [0.25, 0.3) is 70.0 Å². The first kappa shape index (κ1) is 52.1. The summed E-state index contributed by atoms with van der Waals surface area (Å²) in [7, 11) is 0. The second-order valence-electron chi connectivity index (χ2n) is 24.7. The zero-order chi connectivity index (χ0) is 53.1. The Morgan fingerprint density at radius 3 is 1.88 bits per heavy atom. The summed E-state index contributed by atoms with van der Waals surface area (Å²) in [6, 6.07) is 67.0. The van der Waals surface area contributed by atoms with E-state index in [0.717, 1.165) is 55.9 Å². The second kappa shape index (κ2) is 19.2. The third-order valence-corrected chi connectivity index (χ3v) is 16.4. The van der Waals surface area contributed by atoms with Crippen LogP contribution in [0.2, 0.25) is 0 Å². The first-order chi connectivity index (χ1) is 36.2. The molecular formula is C70H65N4OPtS-3. The number of rotatable bonds is 7. The van der Waals surface area contributed by atoms with E-state index in [0.29, 0.717) is 11.5 Å². The topological polar surface area (TPSA) is 33.5 Å². The van der Waals surface area contributed by atoms with E-state index in [9.17, 15) is 0 Å². The van der Waals surface area contributed by atoms with Gasteiger partial charge in [0, 0.05) is 81.5 Å². The molecule has 12 rings (SSSR count). The molecule has 0 saturated carbocycles. The molecule has 0 atom stereocenters. The molecular weight excluding hydrogens is 1140 g/mol. The van der Waals surface area contributed by atoms with Crippen molar-refractivity contribution in [2.24, 2.45) is 0 Å². The molecule has 0 unspecified atom stereocenters. The Labute approximate surface area is 473 Å². The van der Waals surface area contributed by atoms with Crippen molar-refractivity contribution in [2.75, 3.05) is 9.80 Å². The summed E-state index contributed by atoms with van der Waals surface area (Å²) < 4.78 is 11.7. The summed E-state index contributed by atoms with van der Waals surface area (Å²) in [6.45, 7) is 29.7. The minimum atomic E-state index is -0.0898. The largest absolute Gasteiger partial charge is 0.509 e. The minimum absolute atomic E-state index is 0. The number of thiophene rings is 1. The van der Waals surface area contributed by atoms with Crippen LogP contribution in [0, 0.1) is 18.8 Å². The molecule has 3 aromatic heterocycles. The van der Waals surface area contributed by atoms with E-state index >= 15 is 0 Å². The fraction of sp³-hybridized carbons (Fsp3) is 0.229. The average Bonchev–Trinajstić information content (AvgIpc) is 4.27. The van der Waals surface area contributed by atoms with Gasteiger partial charge in [-0.25, -0.2) is 4.98 Å². The number of benzene rings is 8. The number of nitrogens with zero attached hydrogens (tertiary/aromatic N) is 4. The Bertz CT molecular complexity index is 4050. The van der Waals surface area contributed by atoms with Crippen molar-refractivity contribution in [1.82, 2.24) is 9.55 Å². The normalized spacial score (nSPS) is 13.2. The van der Waals surface area contributed by atoms with Gasteiger partial charge in [0.25, 0.3) is 0 Å². The molecule has 5 nitrogen and oxygen atoms in total. The minimum Gasteiger partial charge on any atom is -0.509 e. The molecule has 0 fully saturated rings. The van der Waals surface area contributed by atoms with Crippen molar-refractivity contribution in [1.29, 1.82) is 0 Å². The van der Waals surface area contributed by atoms with Gasteiger partial charge in [-0.15, -0.1) is 59.4 Å². The van der Waals surface area contributed by atoms with Crippen LogP contribution in [0.4, 0.5) is 22.7 Å². The van der Waals surface area contributed by atoms with Crippen molar-refractivity contribution in [3.8, 4) is 39.6 Å². The quantitative estimate of drug-likeness (QED) is 0.149.